The van der Waals surface area contributed by atoms with Crippen molar-refractivity contribution in [2.24, 2.45) is 11.8 Å². The molecule has 20 heavy (non-hydrogen) atoms. The van der Waals surface area contributed by atoms with Crippen LogP contribution in [0, 0.1) is 22.0 Å². The van der Waals surface area contributed by atoms with Gasteiger partial charge >= 0.3 is 5.97 Å². The number of nitro groups is 1. The molecule has 0 aromatic heterocycles. The van der Waals surface area contributed by atoms with Crippen LogP contribution in [0.4, 0.5) is 11.4 Å². The monoisotopic (exact) mass is 278 g/mol. The predicted molar refractivity (Wildman–Crippen MR) is 70.6 cm³/mol. The van der Waals surface area contributed by atoms with Gasteiger partial charge in [0.2, 0.25) is 5.91 Å². The second-order valence-electron chi connectivity index (χ2n) is 4.91. The Labute approximate surface area is 114 Å². The maximum Gasteiger partial charge on any atom is 0.335 e. The van der Waals surface area contributed by atoms with Crippen LogP contribution in [0.15, 0.2) is 18.2 Å². The van der Waals surface area contributed by atoms with Crippen molar-refractivity contribution in [1.29, 1.82) is 0 Å². The highest BCUT2D eigenvalue weighted by Crippen LogP contribution is 2.37. The smallest absolute Gasteiger partial charge is 0.335 e. The Hall–Kier alpha value is -2.44. The van der Waals surface area contributed by atoms with Crippen LogP contribution in [-0.4, -0.2) is 21.9 Å². The van der Waals surface area contributed by atoms with Crippen LogP contribution in [0.2, 0.25) is 0 Å². The van der Waals surface area contributed by atoms with E-state index in [1.54, 1.807) is 6.92 Å². The molecular weight excluding hydrogens is 264 g/mol. The minimum absolute atomic E-state index is 0.0255. The van der Waals surface area contributed by atoms with Gasteiger partial charge < -0.3 is 10.4 Å². The Kier molecular flexibility index (Phi) is 3.69. The van der Waals surface area contributed by atoms with Crippen LogP contribution < -0.4 is 5.32 Å². The summed E-state index contributed by atoms with van der Waals surface area (Å²) in [6.45, 7) is 1.78. The first-order chi connectivity index (χ1) is 9.40. The van der Waals surface area contributed by atoms with Gasteiger partial charge in [0.05, 0.1) is 10.5 Å². The van der Waals surface area contributed by atoms with E-state index in [4.69, 9.17) is 5.11 Å². The van der Waals surface area contributed by atoms with E-state index in [0.717, 1.165) is 18.9 Å². The van der Waals surface area contributed by atoms with Crippen molar-refractivity contribution >= 4 is 23.3 Å². The standard InChI is InChI=1S/C13H14N2O5/c1-7(8-2-3-8)12(16)14-10-5-4-9(13(17)18)6-11(10)15(19)20/h4-8H,2-3H2,1H3,(H,14,16)(H,17,18). The first-order valence-corrected chi connectivity index (χ1v) is 6.22. The fourth-order valence-electron chi connectivity index (χ4n) is 1.98. The number of hydrogen-bond donors (Lipinski definition) is 2. The molecule has 0 saturated heterocycles. The van der Waals surface area contributed by atoms with Crippen molar-refractivity contribution in [3.8, 4) is 0 Å². The second kappa shape index (κ2) is 5.28. The average Bonchev–Trinajstić information content (AvgIpc) is 3.21. The summed E-state index contributed by atoms with van der Waals surface area (Å²) < 4.78 is 0. The number of carboxylic acids is 1. The molecule has 1 fully saturated rings. The highest BCUT2D eigenvalue weighted by molar-refractivity contribution is 5.96. The summed E-state index contributed by atoms with van der Waals surface area (Å²) in [5, 5.41) is 22.3. The molecule has 1 aliphatic carbocycles. The lowest BCUT2D eigenvalue weighted by Gasteiger charge is -2.11. The maximum atomic E-state index is 11.9. The number of benzene rings is 1. The van der Waals surface area contributed by atoms with E-state index in [1.165, 1.54) is 12.1 Å². The number of rotatable bonds is 5. The van der Waals surface area contributed by atoms with Crippen molar-refractivity contribution in [2.75, 3.05) is 5.32 Å². The normalized spacial score (nSPS) is 15.4. The third-order valence-electron chi connectivity index (χ3n) is 3.44. The lowest BCUT2D eigenvalue weighted by molar-refractivity contribution is -0.384. The SMILES string of the molecule is CC(C(=O)Nc1ccc(C(=O)O)cc1[N+](=O)[O-])C1CC1. The summed E-state index contributed by atoms with van der Waals surface area (Å²) in [5.41, 5.74) is -0.580. The zero-order valence-corrected chi connectivity index (χ0v) is 10.8. The van der Waals surface area contributed by atoms with Gasteiger partial charge in [0.15, 0.2) is 0 Å². The van der Waals surface area contributed by atoms with Gasteiger partial charge in [-0.05, 0) is 30.9 Å². The fraction of sp³-hybridized carbons (Fsp3) is 0.385. The number of carboxylic acid groups (broad SMARTS) is 1. The maximum absolute atomic E-state index is 11.9. The predicted octanol–water partition coefficient (Wildman–Crippen LogP) is 2.28. The molecule has 106 valence electrons. The zero-order chi connectivity index (χ0) is 14.9. The molecule has 2 N–H and O–H groups in total. The van der Waals surface area contributed by atoms with E-state index in [1.807, 2.05) is 0 Å². The molecule has 1 aromatic carbocycles. The van der Waals surface area contributed by atoms with Gasteiger partial charge in [-0.3, -0.25) is 14.9 Å². The van der Waals surface area contributed by atoms with Gasteiger partial charge in [0.25, 0.3) is 5.69 Å². The average molecular weight is 278 g/mol. The Morgan fingerprint density at radius 2 is 2.10 bits per heavy atom. The van der Waals surface area contributed by atoms with Crippen molar-refractivity contribution in [3.05, 3.63) is 33.9 Å². The highest BCUT2D eigenvalue weighted by atomic mass is 16.6. The number of aromatic carboxylic acids is 1. The number of carbonyl (C=O) groups is 2. The Balaban J connectivity index is 2.24. The molecule has 0 bridgehead atoms. The van der Waals surface area contributed by atoms with E-state index >= 15 is 0 Å². The summed E-state index contributed by atoms with van der Waals surface area (Å²) in [6, 6.07) is 3.42. The summed E-state index contributed by atoms with van der Waals surface area (Å²) in [7, 11) is 0. The van der Waals surface area contributed by atoms with Gasteiger partial charge in [-0.25, -0.2) is 4.79 Å². The van der Waals surface area contributed by atoms with E-state index < -0.39 is 16.6 Å². The second-order valence-corrected chi connectivity index (χ2v) is 4.91. The van der Waals surface area contributed by atoms with Crippen LogP contribution in [0.25, 0.3) is 0 Å². The molecule has 1 aromatic rings. The molecule has 7 heteroatoms. The van der Waals surface area contributed by atoms with Crippen LogP contribution >= 0.6 is 0 Å². The topological polar surface area (TPSA) is 110 Å². The third kappa shape index (κ3) is 2.93. The molecule has 0 heterocycles. The quantitative estimate of drug-likeness (QED) is 0.634. The minimum Gasteiger partial charge on any atom is -0.478 e. The lowest BCUT2D eigenvalue weighted by Crippen LogP contribution is -2.22. The van der Waals surface area contributed by atoms with Gasteiger partial charge in [-0.2, -0.15) is 0 Å². The van der Waals surface area contributed by atoms with Crippen molar-refractivity contribution in [3.63, 3.8) is 0 Å². The summed E-state index contributed by atoms with van der Waals surface area (Å²) in [4.78, 5) is 33.0. The zero-order valence-electron chi connectivity index (χ0n) is 10.8. The molecule has 1 aliphatic rings. The molecule has 1 amide bonds. The molecule has 0 aliphatic heterocycles. The van der Waals surface area contributed by atoms with Crippen LogP contribution in [0.3, 0.4) is 0 Å². The Morgan fingerprint density at radius 3 is 2.60 bits per heavy atom. The number of amides is 1. The van der Waals surface area contributed by atoms with Crippen molar-refractivity contribution in [2.45, 2.75) is 19.8 Å². The highest BCUT2D eigenvalue weighted by Gasteiger charge is 2.33. The third-order valence-corrected chi connectivity index (χ3v) is 3.44. The summed E-state index contributed by atoms with van der Waals surface area (Å²) >= 11 is 0. The Morgan fingerprint density at radius 1 is 1.45 bits per heavy atom. The number of carbonyl (C=O) groups excluding carboxylic acids is 1. The first-order valence-electron chi connectivity index (χ1n) is 6.22. The van der Waals surface area contributed by atoms with Crippen molar-refractivity contribution < 1.29 is 19.6 Å². The minimum atomic E-state index is -1.25. The molecular formula is C13H14N2O5. The number of nitro benzene ring substituents is 1. The number of nitrogens with zero attached hydrogens (tertiary/aromatic N) is 1. The van der Waals surface area contributed by atoms with E-state index in [-0.39, 0.29) is 23.1 Å². The molecule has 0 radical (unpaired) electrons. The largest absolute Gasteiger partial charge is 0.478 e. The van der Waals surface area contributed by atoms with Crippen molar-refractivity contribution in [1.82, 2.24) is 0 Å². The number of anilines is 1. The van der Waals surface area contributed by atoms with Crippen LogP contribution in [0.1, 0.15) is 30.1 Å². The van der Waals surface area contributed by atoms with Gasteiger partial charge in [-0.1, -0.05) is 6.92 Å². The molecule has 2 rings (SSSR count). The number of nitrogens with one attached hydrogen (secondary N) is 1. The fourth-order valence-corrected chi connectivity index (χ4v) is 1.98. The summed E-state index contributed by atoms with van der Waals surface area (Å²) in [6.07, 6.45) is 1.99. The molecule has 7 nitrogen and oxygen atoms in total. The van der Waals surface area contributed by atoms with Gasteiger partial charge in [0, 0.05) is 12.0 Å². The van der Waals surface area contributed by atoms with Crippen LogP contribution in [-0.2, 0) is 4.79 Å². The van der Waals surface area contributed by atoms with E-state index in [0.29, 0.717) is 5.92 Å². The number of hydrogen-bond acceptors (Lipinski definition) is 4. The van der Waals surface area contributed by atoms with Crippen LogP contribution in [0.5, 0.6) is 0 Å². The van der Waals surface area contributed by atoms with Gasteiger partial charge in [-0.15, -0.1) is 0 Å². The Bertz CT molecular complexity index is 580. The summed E-state index contributed by atoms with van der Waals surface area (Å²) in [5.74, 6) is -1.39. The molecule has 1 atom stereocenters. The van der Waals surface area contributed by atoms with Gasteiger partial charge in [0.1, 0.15) is 5.69 Å². The van der Waals surface area contributed by atoms with E-state index in [9.17, 15) is 19.7 Å². The van der Waals surface area contributed by atoms with E-state index in [2.05, 4.69) is 5.32 Å². The lowest BCUT2D eigenvalue weighted by atomic mass is 10.1. The molecule has 1 unspecified atom stereocenters. The molecule has 0 spiro atoms. The first kappa shape index (κ1) is 14.0. The molecule has 1 saturated carbocycles.